The first-order valence-corrected chi connectivity index (χ1v) is 5.37. The molecule has 1 rings (SSSR count). The summed E-state index contributed by atoms with van der Waals surface area (Å²) in [4.78, 5) is 0. The number of benzene rings is 1. The Hall–Kier alpha value is -1.18. The minimum absolute atomic E-state index is 0.129. The SMILES string of the molecule is CCc1cc(C(C)(C)C)cc(N)c1OC. The van der Waals surface area contributed by atoms with Gasteiger partial charge in [-0.25, -0.2) is 0 Å². The normalized spacial score (nSPS) is 11.5. The highest BCUT2D eigenvalue weighted by Gasteiger charge is 2.17. The summed E-state index contributed by atoms with van der Waals surface area (Å²) >= 11 is 0. The van der Waals surface area contributed by atoms with Crippen LogP contribution in [-0.2, 0) is 11.8 Å². The molecule has 0 bridgehead atoms. The Morgan fingerprint density at radius 3 is 2.27 bits per heavy atom. The maximum Gasteiger partial charge on any atom is 0.144 e. The van der Waals surface area contributed by atoms with Crippen molar-refractivity contribution in [2.75, 3.05) is 12.8 Å². The summed E-state index contributed by atoms with van der Waals surface area (Å²) in [6, 6.07) is 4.20. The zero-order valence-electron chi connectivity index (χ0n) is 10.3. The molecule has 0 aliphatic carbocycles. The third-order valence-corrected chi connectivity index (χ3v) is 2.65. The van der Waals surface area contributed by atoms with E-state index >= 15 is 0 Å². The van der Waals surface area contributed by atoms with E-state index in [1.165, 1.54) is 11.1 Å². The van der Waals surface area contributed by atoms with E-state index < -0.39 is 0 Å². The fourth-order valence-electron chi connectivity index (χ4n) is 1.66. The summed E-state index contributed by atoms with van der Waals surface area (Å²) in [5, 5.41) is 0. The highest BCUT2D eigenvalue weighted by atomic mass is 16.5. The van der Waals surface area contributed by atoms with Gasteiger partial charge >= 0.3 is 0 Å². The summed E-state index contributed by atoms with van der Waals surface area (Å²) < 4.78 is 5.31. The molecule has 0 spiro atoms. The number of hydrogen-bond acceptors (Lipinski definition) is 2. The number of hydrogen-bond donors (Lipinski definition) is 1. The lowest BCUT2D eigenvalue weighted by Crippen LogP contribution is -2.12. The van der Waals surface area contributed by atoms with Crippen LogP contribution >= 0.6 is 0 Å². The number of methoxy groups -OCH3 is 1. The van der Waals surface area contributed by atoms with Crippen molar-refractivity contribution in [3.8, 4) is 5.75 Å². The highest BCUT2D eigenvalue weighted by Crippen LogP contribution is 2.33. The molecule has 2 N–H and O–H groups in total. The van der Waals surface area contributed by atoms with Crippen LogP contribution < -0.4 is 10.5 Å². The molecule has 0 radical (unpaired) electrons. The van der Waals surface area contributed by atoms with E-state index in [2.05, 4.69) is 33.8 Å². The van der Waals surface area contributed by atoms with E-state index in [0.29, 0.717) is 0 Å². The molecule has 0 atom stereocenters. The van der Waals surface area contributed by atoms with Crippen LogP contribution in [0.3, 0.4) is 0 Å². The van der Waals surface area contributed by atoms with Gasteiger partial charge in [-0.05, 0) is 29.0 Å². The molecule has 0 unspecified atom stereocenters. The van der Waals surface area contributed by atoms with Crippen molar-refractivity contribution < 1.29 is 4.74 Å². The van der Waals surface area contributed by atoms with Gasteiger partial charge in [-0.3, -0.25) is 0 Å². The van der Waals surface area contributed by atoms with E-state index in [4.69, 9.17) is 10.5 Å². The molecule has 0 saturated heterocycles. The number of aryl methyl sites for hydroxylation is 1. The van der Waals surface area contributed by atoms with Gasteiger partial charge in [-0.1, -0.05) is 33.8 Å². The molecule has 0 heterocycles. The molecule has 2 nitrogen and oxygen atoms in total. The Balaban J connectivity index is 3.32. The predicted molar refractivity (Wildman–Crippen MR) is 65.5 cm³/mol. The van der Waals surface area contributed by atoms with Crippen LogP contribution in [0.1, 0.15) is 38.8 Å². The molecule has 15 heavy (non-hydrogen) atoms. The predicted octanol–water partition coefficient (Wildman–Crippen LogP) is 3.14. The Morgan fingerprint density at radius 1 is 1.27 bits per heavy atom. The monoisotopic (exact) mass is 207 g/mol. The minimum Gasteiger partial charge on any atom is -0.494 e. The number of nitrogens with two attached hydrogens (primary N) is 1. The number of anilines is 1. The van der Waals surface area contributed by atoms with Crippen LogP contribution in [-0.4, -0.2) is 7.11 Å². The van der Waals surface area contributed by atoms with E-state index in [1.807, 2.05) is 6.07 Å². The Labute approximate surface area is 92.4 Å². The van der Waals surface area contributed by atoms with E-state index in [-0.39, 0.29) is 5.41 Å². The van der Waals surface area contributed by atoms with Crippen LogP contribution in [0.4, 0.5) is 5.69 Å². The molecular formula is C13H21NO. The maximum atomic E-state index is 5.98. The Bertz CT molecular complexity index is 350. The van der Waals surface area contributed by atoms with Crippen molar-refractivity contribution in [2.24, 2.45) is 0 Å². The maximum absolute atomic E-state index is 5.98. The van der Waals surface area contributed by atoms with Crippen LogP contribution in [0.5, 0.6) is 5.75 Å². The van der Waals surface area contributed by atoms with Gasteiger partial charge in [0.2, 0.25) is 0 Å². The average molecular weight is 207 g/mol. The van der Waals surface area contributed by atoms with E-state index in [0.717, 1.165) is 17.9 Å². The summed E-state index contributed by atoms with van der Waals surface area (Å²) in [5.41, 5.74) is 9.29. The van der Waals surface area contributed by atoms with Crippen molar-refractivity contribution in [3.05, 3.63) is 23.3 Å². The zero-order chi connectivity index (χ0) is 11.6. The largest absolute Gasteiger partial charge is 0.494 e. The first kappa shape index (κ1) is 11.9. The lowest BCUT2D eigenvalue weighted by Gasteiger charge is -2.22. The molecular weight excluding hydrogens is 186 g/mol. The van der Waals surface area contributed by atoms with Crippen LogP contribution in [0.2, 0.25) is 0 Å². The smallest absolute Gasteiger partial charge is 0.144 e. The summed E-state index contributed by atoms with van der Waals surface area (Å²) in [7, 11) is 1.67. The van der Waals surface area contributed by atoms with Crippen molar-refractivity contribution in [1.82, 2.24) is 0 Å². The van der Waals surface area contributed by atoms with Crippen LogP contribution in [0.15, 0.2) is 12.1 Å². The summed E-state index contributed by atoms with van der Waals surface area (Å²) in [6.07, 6.45) is 0.942. The summed E-state index contributed by atoms with van der Waals surface area (Å²) in [5.74, 6) is 0.825. The van der Waals surface area contributed by atoms with E-state index in [9.17, 15) is 0 Å². The number of rotatable bonds is 2. The second-order valence-corrected chi connectivity index (χ2v) is 4.86. The third kappa shape index (κ3) is 2.44. The fourth-order valence-corrected chi connectivity index (χ4v) is 1.66. The molecule has 0 saturated carbocycles. The Kier molecular flexibility index (Phi) is 3.28. The lowest BCUT2D eigenvalue weighted by atomic mass is 9.85. The highest BCUT2D eigenvalue weighted by molar-refractivity contribution is 5.59. The van der Waals surface area contributed by atoms with Gasteiger partial charge in [0.25, 0.3) is 0 Å². The molecule has 1 aromatic carbocycles. The van der Waals surface area contributed by atoms with Gasteiger partial charge in [0, 0.05) is 0 Å². The van der Waals surface area contributed by atoms with Crippen molar-refractivity contribution in [1.29, 1.82) is 0 Å². The molecule has 0 amide bonds. The van der Waals surface area contributed by atoms with Gasteiger partial charge in [-0.15, -0.1) is 0 Å². The van der Waals surface area contributed by atoms with E-state index in [1.54, 1.807) is 7.11 Å². The molecule has 0 aliphatic heterocycles. The number of ether oxygens (including phenoxy) is 1. The van der Waals surface area contributed by atoms with Crippen LogP contribution in [0.25, 0.3) is 0 Å². The first-order chi connectivity index (χ1) is 6.90. The van der Waals surface area contributed by atoms with Gasteiger partial charge in [0.05, 0.1) is 12.8 Å². The third-order valence-electron chi connectivity index (χ3n) is 2.65. The van der Waals surface area contributed by atoms with Crippen molar-refractivity contribution >= 4 is 5.69 Å². The van der Waals surface area contributed by atoms with Gasteiger partial charge in [0.15, 0.2) is 0 Å². The van der Waals surface area contributed by atoms with Gasteiger partial charge in [0.1, 0.15) is 5.75 Å². The van der Waals surface area contributed by atoms with Crippen molar-refractivity contribution in [2.45, 2.75) is 39.5 Å². The second kappa shape index (κ2) is 4.13. The molecule has 0 aliphatic rings. The molecule has 0 aromatic heterocycles. The zero-order valence-corrected chi connectivity index (χ0v) is 10.3. The molecule has 1 aromatic rings. The van der Waals surface area contributed by atoms with Crippen LogP contribution in [0, 0.1) is 0 Å². The van der Waals surface area contributed by atoms with Gasteiger partial charge < -0.3 is 10.5 Å². The number of nitrogen functional groups attached to an aromatic ring is 1. The van der Waals surface area contributed by atoms with Crippen molar-refractivity contribution in [3.63, 3.8) is 0 Å². The molecule has 84 valence electrons. The first-order valence-electron chi connectivity index (χ1n) is 5.37. The topological polar surface area (TPSA) is 35.2 Å². The molecule has 0 fully saturated rings. The second-order valence-electron chi connectivity index (χ2n) is 4.86. The average Bonchev–Trinajstić information content (AvgIpc) is 2.15. The Morgan fingerprint density at radius 2 is 1.87 bits per heavy atom. The molecule has 2 heteroatoms. The minimum atomic E-state index is 0.129. The lowest BCUT2D eigenvalue weighted by molar-refractivity contribution is 0.411. The quantitative estimate of drug-likeness (QED) is 0.756. The summed E-state index contributed by atoms with van der Waals surface area (Å²) in [6.45, 7) is 8.68. The standard InChI is InChI=1S/C13H21NO/c1-6-9-7-10(13(2,3)4)8-11(14)12(9)15-5/h7-8H,6,14H2,1-5H3. The van der Waals surface area contributed by atoms with Gasteiger partial charge in [-0.2, -0.15) is 0 Å². The fraction of sp³-hybridized carbons (Fsp3) is 0.538.